The van der Waals surface area contributed by atoms with Gasteiger partial charge in [-0.25, -0.2) is 0 Å². The van der Waals surface area contributed by atoms with Crippen molar-refractivity contribution in [3.63, 3.8) is 0 Å². The van der Waals surface area contributed by atoms with Gasteiger partial charge >= 0.3 is 0 Å². The van der Waals surface area contributed by atoms with Crippen LogP contribution in [0.2, 0.25) is 5.02 Å². The van der Waals surface area contributed by atoms with Crippen molar-refractivity contribution in [3.8, 4) is 0 Å². The lowest BCUT2D eigenvalue weighted by molar-refractivity contribution is -0.385. The van der Waals surface area contributed by atoms with Crippen molar-refractivity contribution >= 4 is 29.1 Å². The molecule has 130 valence electrons. The summed E-state index contributed by atoms with van der Waals surface area (Å²) in [6, 6.07) is 10.6. The second-order valence-electron chi connectivity index (χ2n) is 5.36. The van der Waals surface area contributed by atoms with Gasteiger partial charge in [0.15, 0.2) is 0 Å². The molecule has 0 aliphatic carbocycles. The zero-order valence-corrected chi connectivity index (χ0v) is 14.4. The smallest absolute Gasteiger partial charge is 0.282 e. The molecule has 25 heavy (non-hydrogen) atoms. The molecule has 2 aromatic rings. The van der Waals surface area contributed by atoms with Crippen LogP contribution in [0, 0.1) is 10.1 Å². The van der Waals surface area contributed by atoms with Gasteiger partial charge in [0, 0.05) is 37.3 Å². The first-order chi connectivity index (χ1) is 11.8. The molecule has 0 radical (unpaired) electrons. The highest BCUT2D eigenvalue weighted by molar-refractivity contribution is 6.31. The quantitative estimate of drug-likeness (QED) is 0.654. The average Bonchev–Trinajstić information content (AvgIpc) is 2.60. The fourth-order valence-electron chi connectivity index (χ4n) is 2.30. The van der Waals surface area contributed by atoms with Crippen LogP contribution >= 0.6 is 11.6 Å². The van der Waals surface area contributed by atoms with Gasteiger partial charge < -0.3 is 10.2 Å². The third kappa shape index (κ3) is 4.33. The lowest BCUT2D eigenvalue weighted by atomic mass is 10.1. The normalized spacial score (nSPS) is 10.2. The van der Waals surface area contributed by atoms with E-state index in [1.807, 2.05) is 0 Å². The number of halogens is 1. The molecule has 1 N–H and O–H groups in total. The van der Waals surface area contributed by atoms with Crippen molar-refractivity contribution in [2.75, 3.05) is 14.1 Å². The first-order valence-corrected chi connectivity index (χ1v) is 7.71. The van der Waals surface area contributed by atoms with Gasteiger partial charge in [-0.05, 0) is 29.8 Å². The van der Waals surface area contributed by atoms with E-state index in [0.29, 0.717) is 5.56 Å². The number of nitro benzene ring substituents is 1. The minimum absolute atomic E-state index is 0.0676. The van der Waals surface area contributed by atoms with Crippen molar-refractivity contribution in [1.82, 2.24) is 10.2 Å². The van der Waals surface area contributed by atoms with Crippen molar-refractivity contribution in [2.24, 2.45) is 0 Å². The van der Waals surface area contributed by atoms with Crippen molar-refractivity contribution < 1.29 is 14.5 Å². The van der Waals surface area contributed by atoms with Crippen LogP contribution < -0.4 is 5.32 Å². The van der Waals surface area contributed by atoms with Crippen molar-refractivity contribution in [3.05, 3.63) is 74.3 Å². The van der Waals surface area contributed by atoms with Gasteiger partial charge in [0.25, 0.3) is 17.5 Å². The number of nitrogens with one attached hydrogen (secondary N) is 1. The summed E-state index contributed by atoms with van der Waals surface area (Å²) in [6.45, 7) is 0.233. The second kappa shape index (κ2) is 7.76. The van der Waals surface area contributed by atoms with Gasteiger partial charge in [0.2, 0.25) is 0 Å². The number of carbonyl (C=O) groups excluding carboxylic acids is 2. The number of amides is 2. The summed E-state index contributed by atoms with van der Waals surface area (Å²) in [5.41, 5.74) is 0.928. The Bertz CT molecular complexity index is 821. The van der Waals surface area contributed by atoms with Crippen LogP contribution in [-0.2, 0) is 6.54 Å². The van der Waals surface area contributed by atoms with E-state index in [2.05, 4.69) is 5.32 Å². The fourth-order valence-corrected chi connectivity index (χ4v) is 2.47. The zero-order valence-electron chi connectivity index (χ0n) is 13.7. The van der Waals surface area contributed by atoms with Crippen LogP contribution in [0.4, 0.5) is 5.69 Å². The van der Waals surface area contributed by atoms with Gasteiger partial charge in [0.05, 0.1) is 4.92 Å². The first kappa shape index (κ1) is 18.4. The lowest BCUT2D eigenvalue weighted by Gasteiger charge is -2.17. The number of benzene rings is 2. The Hall–Kier alpha value is -2.93. The van der Waals surface area contributed by atoms with Gasteiger partial charge in [-0.2, -0.15) is 0 Å². The summed E-state index contributed by atoms with van der Waals surface area (Å²) in [4.78, 5) is 35.9. The molecule has 2 amide bonds. The van der Waals surface area contributed by atoms with E-state index in [1.165, 1.54) is 23.1 Å². The SMILES string of the molecule is CNC(=O)c1ccc(CN(C)C(=O)c2cc(Cl)ccc2[N+](=O)[O-])cc1. The molecule has 0 atom stereocenters. The molecule has 0 aromatic heterocycles. The van der Waals surface area contributed by atoms with Gasteiger partial charge in [-0.15, -0.1) is 0 Å². The summed E-state index contributed by atoms with van der Waals surface area (Å²) in [5, 5.41) is 13.9. The number of carbonyl (C=O) groups is 2. The molecule has 0 heterocycles. The highest BCUT2D eigenvalue weighted by Gasteiger charge is 2.23. The van der Waals surface area contributed by atoms with E-state index < -0.39 is 10.8 Å². The van der Waals surface area contributed by atoms with E-state index in [1.54, 1.807) is 38.4 Å². The van der Waals surface area contributed by atoms with Crippen LogP contribution in [0.25, 0.3) is 0 Å². The summed E-state index contributed by atoms with van der Waals surface area (Å²) in [5.74, 6) is -0.713. The summed E-state index contributed by atoms with van der Waals surface area (Å²) in [7, 11) is 3.08. The molecule has 0 aliphatic heterocycles. The summed E-state index contributed by atoms with van der Waals surface area (Å²) in [6.07, 6.45) is 0. The topological polar surface area (TPSA) is 92.6 Å². The molecule has 0 saturated heterocycles. The largest absolute Gasteiger partial charge is 0.355 e. The summed E-state index contributed by atoms with van der Waals surface area (Å²) >= 11 is 5.86. The van der Waals surface area contributed by atoms with Gasteiger partial charge in [-0.1, -0.05) is 23.7 Å². The van der Waals surface area contributed by atoms with E-state index in [0.717, 1.165) is 5.56 Å². The maximum Gasteiger partial charge on any atom is 0.282 e. The molecule has 0 spiro atoms. The molecule has 0 fully saturated rings. The number of hydrogen-bond acceptors (Lipinski definition) is 4. The van der Waals surface area contributed by atoms with Gasteiger partial charge in [-0.3, -0.25) is 19.7 Å². The van der Waals surface area contributed by atoms with Crippen molar-refractivity contribution in [2.45, 2.75) is 6.54 Å². The fraction of sp³-hybridized carbons (Fsp3) is 0.176. The molecule has 0 aliphatic rings. The molecular formula is C17H16ClN3O4. The molecule has 8 heteroatoms. The predicted molar refractivity (Wildman–Crippen MR) is 93.7 cm³/mol. The lowest BCUT2D eigenvalue weighted by Crippen LogP contribution is -2.27. The third-order valence-electron chi connectivity index (χ3n) is 3.60. The Kier molecular flexibility index (Phi) is 5.71. The second-order valence-corrected chi connectivity index (χ2v) is 5.79. The zero-order chi connectivity index (χ0) is 18.6. The molecular weight excluding hydrogens is 346 g/mol. The minimum Gasteiger partial charge on any atom is -0.355 e. The van der Waals surface area contributed by atoms with E-state index in [9.17, 15) is 19.7 Å². The van der Waals surface area contributed by atoms with Crippen LogP contribution in [-0.4, -0.2) is 35.7 Å². The molecule has 0 saturated carbocycles. The minimum atomic E-state index is -0.616. The Morgan fingerprint density at radius 2 is 1.84 bits per heavy atom. The number of nitrogens with zero attached hydrogens (tertiary/aromatic N) is 2. The molecule has 0 unspecified atom stereocenters. The molecule has 7 nitrogen and oxygen atoms in total. The van der Waals surface area contributed by atoms with Crippen LogP contribution in [0.1, 0.15) is 26.3 Å². The Morgan fingerprint density at radius 1 is 1.20 bits per heavy atom. The maximum atomic E-state index is 12.5. The van der Waals surface area contributed by atoms with Crippen LogP contribution in [0.3, 0.4) is 0 Å². The standard InChI is InChI=1S/C17H16ClN3O4/c1-19-16(22)12-5-3-11(4-6-12)10-20(2)17(23)14-9-13(18)7-8-15(14)21(24)25/h3-9H,10H2,1-2H3,(H,19,22). The molecule has 2 rings (SSSR count). The van der Waals surface area contributed by atoms with Gasteiger partial charge in [0.1, 0.15) is 5.56 Å². The Labute approximate surface area is 149 Å². The highest BCUT2D eigenvalue weighted by atomic mass is 35.5. The van der Waals surface area contributed by atoms with E-state index in [4.69, 9.17) is 11.6 Å². The third-order valence-corrected chi connectivity index (χ3v) is 3.83. The van der Waals surface area contributed by atoms with Crippen molar-refractivity contribution in [1.29, 1.82) is 0 Å². The van der Waals surface area contributed by atoms with Crippen LogP contribution in [0.15, 0.2) is 42.5 Å². The number of nitro groups is 1. The van der Waals surface area contributed by atoms with Crippen LogP contribution in [0.5, 0.6) is 0 Å². The Morgan fingerprint density at radius 3 is 2.40 bits per heavy atom. The number of hydrogen-bond donors (Lipinski definition) is 1. The van der Waals surface area contributed by atoms with E-state index >= 15 is 0 Å². The highest BCUT2D eigenvalue weighted by Crippen LogP contribution is 2.24. The average molecular weight is 362 g/mol. The first-order valence-electron chi connectivity index (χ1n) is 7.34. The monoisotopic (exact) mass is 361 g/mol. The van der Waals surface area contributed by atoms with E-state index in [-0.39, 0.29) is 28.7 Å². The summed E-state index contributed by atoms with van der Waals surface area (Å²) < 4.78 is 0. The predicted octanol–water partition coefficient (Wildman–Crippen LogP) is 2.88. The number of rotatable bonds is 5. The maximum absolute atomic E-state index is 12.5. The Balaban J connectivity index is 2.19. The molecule has 0 bridgehead atoms. The molecule has 2 aromatic carbocycles.